The second-order valence-corrected chi connectivity index (χ2v) is 4.96. The monoisotopic (exact) mass is 282 g/mol. The number of likely N-dealkylation sites (N-methyl/N-ethyl adjacent to an activating group) is 1. The van der Waals surface area contributed by atoms with E-state index in [1.807, 2.05) is 23.6 Å². The summed E-state index contributed by atoms with van der Waals surface area (Å²) in [5.41, 5.74) is 0. The van der Waals surface area contributed by atoms with Crippen LogP contribution in [0.2, 0.25) is 5.02 Å². The molecule has 0 N–H and O–H groups in total. The molecule has 5 nitrogen and oxygen atoms in total. The van der Waals surface area contributed by atoms with Gasteiger partial charge in [0.25, 0.3) is 0 Å². The third-order valence-electron chi connectivity index (χ3n) is 3.53. The summed E-state index contributed by atoms with van der Waals surface area (Å²) >= 11 is 6.13. The van der Waals surface area contributed by atoms with Crippen molar-refractivity contribution in [3.63, 3.8) is 0 Å². The zero-order valence-corrected chi connectivity index (χ0v) is 12.1. The van der Waals surface area contributed by atoms with Crippen LogP contribution < -0.4 is 4.90 Å². The van der Waals surface area contributed by atoms with Crippen LogP contribution in [0.5, 0.6) is 0 Å². The van der Waals surface area contributed by atoms with Gasteiger partial charge in [0.1, 0.15) is 17.4 Å². The van der Waals surface area contributed by atoms with Crippen molar-refractivity contribution >= 4 is 23.3 Å². The highest BCUT2D eigenvalue weighted by Gasteiger charge is 2.34. The van der Waals surface area contributed by atoms with E-state index in [0.717, 1.165) is 32.5 Å². The lowest BCUT2D eigenvalue weighted by molar-refractivity contribution is -0.132. The number of halogens is 1. The fourth-order valence-electron chi connectivity index (χ4n) is 2.54. The highest BCUT2D eigenvalue weighted by molar-refractivity contribution is 6.32. The van der Waals surface area contributed by atoms with E-state index in [1.165, 1.54) is 6.33 Å². The third kappa shape index (κ3) is 2.81. The van der Waals surface area contributed by atoms with Crippen LogP contribution in [0.3, 0.4) is 0 Å². The standard InChI is InChI=1S/C13H19ClN4O/c1-3-17(4-2)13(19)11-6-5-7-18(11)12-10(14)8-15-9-16-12/h8-9,11H,3-7H2,1-2H3. The van der Waals surface area contributed by atoms with Gasteiger partial charge >= 0.3 is 0 Å². The highest BCUT2D eigenvalue weighted by atomic mass is 35.5. The largest absolute Gasteiger partial charge is 0.343 e. The molecule has 1 amide bonds. The molecule has 0 saturated carbocycles. The Morgan fingerprint density at radius 3 is 2.89 bits per heavy atom. The number of carbonyl (C=O) groups excluding carboxylic acids is 1. The maximum absolute atomic E-state index is 12.5. The molecule has 0 bridgehead atoms. The second kappa shape index (κ2) is 6.19. The van der Waals surface area contributed by atoms with Crippen molar-refractivity contribution in [3.8, 4) is 0 Å². The predicted octanol–water partition coefficient (Wildman–Crippen LogP) is 1.97. The summed E-state index contributed by atoms with van der Waals surface area (Å²) in [6, 6.07) is -0.146. The quantitative estimate of drug-likeness (QED) is 0.847. The molecule has 0 aliphatic carbocycles. The zero-order valence-electron chi connectivity index (χ0n) is 11.3. The van der Waals surface area contributed by atoms with Gasteiger partial charge in [-0.1, -0.05) is 11.6 Å². The molecular weight excluding hydrogens is 264 g/mol. The number of anilines is 1. The Morgan fingerprint density at radius 1 is 1.53 bits per heavy atom. The van der Waals surface area contributed by atoms with Gasteiger partial charge in [0, 0.05) is 19.6 Å². The molecule has 1 aromatic heterocycles. The summed E-state index contributed by atoms with van der Waals surface area (Å²) in [6.07, 6.45) is 4.88. The Labute approximate surface area is 118 Å². The Hall–Kier alpha value is -1.36. The molecule has 0 spiro atoms. The van der Waals surface area contributed by atoms with Crippen molar-refractivity contribution in [1.29, 1.82) is 0 Å². The van der Waals surface area contributed by atoms with Gasteiger partial charge in [-0.15, -0.1) is 0 Å². The van der Waals surface area contributed by atoms with E-state index in [9.17, 15) is 4.79 Å². The molecule has 2 heterocycles. The summed E-state index contributed by atoms with van der Waals surface area (Å²) in [6.45, 7) is 6.28. The van der Waals surface area contributed by atoms with Gasteiger partial charge in [0.05, 0.1) is 6.20 Å². The molecule has 104 valence electrons. The van der Waals surface area contributed by atoms with Crippen molar-refractivity contribution < 1.29 is 4.79 Å². The van der Waals surface area contributed by atoms with Crippen LogP contribution in [0, 0.1) is 0 Å². The van der Waals surface area contributed by atoms with Crippen molar-refractivity contribution in [2.45, 2.75) is 32.7 Å². The maximum Gasteiger partial charge on any atom is 0.245 e. The number of aromatic nitrogens is 2. The van der Waals surface area contributed by atoms with Gasteiger partial charge in [-0.2, -0.15) is 0 Å². The topological polar surface area (TPSA) is 49.3 Å². The molecule has 19 heavy (non-hydrogen) atoms. The van der Waals surface area contributed by atoms with Gasteiger partial charge in [-0.25, -0.2) is 9.97 Å². The van der Waals surface area contributed by atoms with Crippen LogP contribution in [0.4, 0.5) is 5.82 Å². The molecular formula is C13H19ClN4O. The first-order valence-electron chi connectivity index (χ1n) is 6.70. The van der Waals surface area contributed by atoms with E-state index in [2.05, 4.69) is 9.97 Å². The minimum atomic E-state index is -0.146. The number of rotatable bonds is 4. The molecule has 1 atom stereocenters. The molecule has 6 heteroatoms. The van der Waals surface area contributed by atoms with E-state index >= 15 is 0 Å². The van der Waals surface area contributed by atoms with Gasteiger partial charge in [0.2, 0.25) is 5.91 Å². The zero-order chi connectivity index (χ0) is 13.8. The number of carbonyl (C=O) groups is 1. The van der Waals surface area contributed by atoms with Crippen LogP contribution in [-0.2, 0) is 4.79 Å². The van der Waals surface area contributed by atoms with E-state index in [1.54, 1.807) is 6.20 Å². The van der Waals surface area contributed by atoms with Gasteiger partial charge in [-0.3, -0.25) is 4.79 Å². The van der Waals surface area contributed by atoms with Crippen LogP contribution in [0.15, 0.2) is 12.5 Å². The van der Waals surface area contributed by atoms with Crippen LogP contribution >= 0.6 is 11.6 Å². The van der Waals surface area contributed by atoms with Crippen molar-refractivity contribution in [2.75, 3.05) is 24.5 Å². The highest BCUT2D eigenvalue weighted by Crippen LogP contribution is 2.29. The third-order valence-corrected chi connectivity index (χ3v) is 3.80. The van der Waals surface area contributed by atoms with Crippen molar-refractivity contribution in [2.24, 2.45) is 0 Å². The molecule has 0 aromatic carbocycles. The fraction of sp³-hybridized carbons (Fsp3) is 0.615. The SMILES string of the molecule is CCN(CC)C(=O)C1CCCN1c1ncncc1Cl. The number of nitrogens with zero attached hydrogens (tertiary/aromatic N) is 4. The molecule has 1 fully saturated rings. The van der Waals surface area contributed by atoms with Crippen molar-refractivity contribution in [3.05, 3.63) is 17.5 Å². The molecule has 1 unspecified atom stereocenters. The minimum Gasteiger partial charge on any atom is -0.343 e. The first kappa shape index (κ1) is 14.1. The molecule has 0 radical (unpaired) electrons. The van der Waals surface area contributed by atoms with Crippen LogP contribution in [0.1, 0.15) is 26.7 Å². The Morgan fingerprint density at radius 2 is 2.26 bits per heavy atom. The smallest absolute Gasteiger partial charge is 0.245 e. The van der Waals surface area contributed by atoms with E-state index in [-0.39, 0.29) is 11.9 Å². The summed E-state index contributed by atoms with van der Waals surface area (Å²) in [4.78, 5) is 24.5. The summed E-state index contributed by atoms with van der Waals surface area (Å²) < 4.78 is 0. The number of amides is 1. The molecule has 1 saturated heterocycles. The van der Waals surface area contributed by atoms with Gasteiger partial charge in [-0.05, 0) is 26.7 Å². The Kier molecular flexibility index (Phi) is 4.58. The summed E-state index contributed by atoms with van der Waals surface area (Å²) in [5, 5.41) is 0.502. The normalized spacial score (nSPS) is 18.7. The Balaban J connectivity index is 2.22. The fourth-order valence-corrected chi connectivity index (χ4v) is 2.75. The predicted molar refractivity (Wildman–Crippen MR) is 75.3 cm³/mol. The van der Waals surface area contributed by atoms with Gasteiger partial charge in [0.15, 0.2) is 5.82 Å². The van der Waals surface area contributed by atoms with Crippen LogP contribution in [-0.4, -0.2) is 46.5 Å². The summed E-state index contributed by atoms with van der Waals surface area (Å²) in [5.74, 6) is 0.830. The molecule has 1 aliphatic rings. The Bertz CT molecular complexity index is 450. The lowest BCUT2D eigenvalue weighted by Gasteiger charge is -2.29. The lowest BCUT2D eigenvalue weighted by atomic mass is 10.2. The molecule has 2 rings (SSSR count). The average Bonchev–Trinajstić information content (AvgIpc) is 2.89. The maximum atomic E-state index is 12.5. The van der Waals surface area contributed by atoms with Crippen molar-refractivity contribution in [1.82, 2.24) is 14.9 Å². The first-order valence-corrected chi connectivity index (χ1v) is 7.07. The van der Waals surface area contributed by atoms with E-state index in [0.29, 0.717) is 10.8 Å². The summed E-state index contributed by atoms with van der Waals surface area (Å²) in [7, 11) is 0. The minimum absolute atomic E-state index is 0.146. The average molecular weight is 283 g/mol. The molecule has 1 aromatic rings. The second-order valence-electron chi connectivity index (χ2n) is 4.56. The lowest BCUT2D eigenvalue weighted by Crippen LogP contribution is -2.46. The number of hydrogen-bond acceptors (Lipinski definition) is 4. The molecule has 1 aliphatic heterocycles. The van der Waals surface area contributed by atoms with Gasteiger partial charge < -0.3 is 9.80 Å². The number of hydrogen-bond donors (Lipinski definition) is 0. The van der Waals surface area contributed by atoms with Crippen LogP contribution in [0.25, 0.3) is 0 Å². The van der Waals surface area contributed by atoms with E-state index < -0.39 is 0 Å². The van der Waals surface area contributed by atoms with E-state index in [4.69, 9.17) is 11.6 Å². The first-order chi connectivity index (χ1) is 9.19.